The monoisotopic (exact) mass is 919 g/mol. The molecule has 18 heteroatoms. The molecule has 0 saturated heterocycles. The van der Waals surface area contributed by atoms with Gasteiger partial charge in [0.05, 0.1) is 6.04 Å². The van der Waals surface area contributed by atoms with E-state index in [0.29, 0.717) is 24.0 Å². The summed E-state index contributed by atoms with van der Waals surface area (Å²) in [4.78, 5) is 94.1. The van der Waals surface area contributed by atoms with Crippen LogP contribution in [0.25, 0.3) is 21.8 Å². The molecular formula is C49H66N12O6. The lowest BCUT2D eigenvalue weighted by molar-refractivity contribution is -0.135. The van der Waals surface area contributed by atoms with Gasteiger partial charge >= 0.3 is 0 Å². The van der Waals surface area contributed by atoms with Crippen LogP contribution in [0.5, 0.6) is 0 Å². The Morgan fingerprint density at radius 1 is 0.537 bits per heavy atom. The molecule has 5 rings (SSSR count). The number of benzene rings is 3. The van der Waals surface area contributed by atoms with Gasteiger partial charge in [-0.15, -0.1) is 0 Å². The van der Waals surface area contributed by atoms with Crippen LogP contribution in [0.3, 0.4) is 0 Å². The standard InChI is InChI=1S/C49H66N12O6/c1-28(2)21-38(43(51)62)57-45(64)39(22-29(3)4)59-48(67)42(25-32-27-56-37-19-11-9-16-34(32)37)61-46(65)40(23-30-13-6-5-7-14-30)60-47(66)41(24-31-26-55-36-18-10-8-15-33(31)36)58-44(63)35(50)17-12-20-54-49(52)53/h5-11,13-16,18-19,26-29,35,38-42,55-56H,12,17,20-25,50H2,1-4H3,(H2,51,62)(H,57,64)(H,58,63)(H,59,67)(H,60,66)(H,61,65)(H4,52,53,54)/t35-,38-,39-,40-,41+,42+/m0/s1. The van der Waals surface area contributed by atoms with Crippen LogP contribution < -0.4 is 49.5 Å². The molecule has 0 spiro atoms. The second-order valence-corrected chi connectivity index (χ2v) is 17.8. The lowest BCUT2D eigenvalue weighted by Gasteiger charge is -2.28. The molecule has 358 valence electrons. The van der Waals surface area contributed by atoms with E-state index in [1.54, 1.807) is 24.5 Å². The molecule has 2 aromatic heterocycles. The van der Waals surface area contributed by atoms with Gasteiger partial charge in [0, 0.05) is 60.0 Å². The number of nitrogens with zero attached hydrogens (tertiary/aromatic N) is 1. The average molecular weight is 919 g/mol. The first-order chi connectivity index (χ1) is 32.0. The number of aromatic amines is 2. The molecule has 0 aliphatic heterocycles. The Morgan fingerprint density at radius 2 is 0.955 bits per heavy atom. The first-order valence-corrected chi connectivity index (χ1v) is 22.7. The number of hydrogen-bond acceptors (Lipinski definition) is 8. The van der Waals surface area contributed by atoms with Gasteiger partial charge < -0.3 is 59.5 Å². The third-order valence-corrected chi connectivity index (χ3v) is 11.4. The predicted octanol–water partition coefficient (Wildman–Crippen LogP) is 2.06. The maximum Gasteiger partial charge on any atom is 0.243 e. The van der Waals surface area contributed by atoms with Crippen molar-refractivity contribution in [3.8, 4) is 0 Å². The van der Waals surface area contributed by atoms with Gasteiger partial charge in [-0.25, -0.2) is 0 Å². The van der Waals surface area contributed by atoms with Crippen LogP contribution in [0.15, 0.2) is 96.2 Å². The highest BCUT2D eigenvalue weighted by Crippen LogP contribution is 2.21. The Kier molecular flexibility index (Phi) is 18.5. The molecule has 15 N–H and O–H groups in total. The highest BCUT2D eigenvalue weighted by atomic mass is 16.2. The number of amides is 6. The number of H-pyrrole nitrogens is 2. The molecule has 0 aliphatic rings. The minimum absolute atomic E-state index is 0.00118. The molecule has 0 aliphatic carbocycles. The molecule has 0 fully saturated rings. The van der Waals surface area contributed by atoms with Gasteiger partial charge in [0.15, 0.2) is 5.96 Å². The summed E-state index contributed by atoms with van der Waals surface area (Å²) in [6.07, 6.45) is 4.74. The maximum absolute atomic E-state index is 14.8. The van der Waals surface area contributed by atoms with Crippen LogP contribution in [0.2, 0.25) is 0 Å². The SMILES string of the molecule is CC(C)C[C@H](NC(=O)[C@H](CC(C)C)NC(=O)[C@@H](Cc1c[nH]c2ccccc12)NC(=O)[C@H](Cc1ccccc1)NC(=O)[C@@H](Cc1c[nH]c2ccccc12)NC(=O)[C@@H](N)CCCN=C(N)N)C(N)=O. The van der Waals surface area contributed by atoms with Crippen molar-refractivity contribution in [2.45, 2.75) is 109 Å². The molecule has 0 saturated carbocycles. The molecular weight excluding hydrogens is 853 g/mol. The average Bonchev–Trinajstić information content (AvgIpc) is 3.90. The molecule has 0 unspecified atom stereocenters. The minimum Gasteiger partial charge on any atom is -0.370 e. The molecule has 5 aromatic rings. The van der Waals surface area contributed by atoms with Crippen molar-refractivity contribution in [1.29, 1.82) is 0 Å². The van der Waals surface area contributed by atoms with E-state index in [-0.39, 0.29) is 56.4 Å². The minimum atomic E-state index is -1.26. The van der Waals surface area contributed by atoms with Gasteiger partial charge in [-0.05, 0) is 66.3 Å². The van der Waals surface area contributed by atoms with Gasteiger partial charge in [-0.1, -0.05) is 94.4 Å². The molecule has 6 amide bonds. The number of fused-ring (bicyclic) bond motifs is 2. The summed E-state index contributed by atoms with van der Waals surface area (Å²) < 4.78 is 0. The Labute approximate surface area is 390 Å². The number of aromatic nitrogens is 2. The van der Waals surface area contributed by atoms with Crippen molar-refractivity contribution in [3.63, 3.8) is 0 Å². The summed E-state index contributed by atoms with van der Waals surface area (Å²) in [5, 5.41) is 15.9. The number of rotatable bonds is 25. The van der Waals surface area contributed by atoms with Crippen LogP contribution in [0, 0.1) is 11.8 Å². The summed E-state index contributed by atoms with van der Waals surface area (Å²) in [5.41, 5.74) is 26.7. The van der Waals surface area contributed by atoms with Crippen LogP contribution in [-0.2, 0) is 48.0 Å². The van der Waals surface area contributed by atoms with E-state index in [1.165, 1.54) is 0 Å². The molecule has 0 bridgehead atoms. The van der Waals surface area contributed by atoms with Gasteiger partial charge in [-0.2, -0.15) is 0 Å². The van der Waals surface area contributed by atoms with E-state index in [9.17, 15) is 28.8 Å². The first kappa shape index (κ1) is 50.8. The van der Waals surface area contributed by atoms with Crippen LogP contribution in [0.4, 0.5) is 0 Å². The summed E-state index contributed by atoms with van der Waals surface area (Å²) in [5.74, 6) is -3.99. The number of nitrogens with two attached hydrogens (primary N) is 4. The third-order valence-electron chi connectivity index (χ3n) is 11.4. The van der Waals surface area contributed by atoms with Gasteiger partial charge in [0.2, 0.25) is 35.4 Å². The predicted molar refractivity (Wildman–Crippen MR) is 260 cm³/mol. The lowest BCUT2D eigenvalue weighted by Crippen LogP contribution is -2.60. The highest BCUT2D eigenvalue weighted by molar-refractivity contribution is 5.97. The molecule has 0 radical (unpaired) electrons. The number of carbonyl (C=O) groups is 6. The second kappa shape index (κ2) is 24.4. The van der Waals surface area contributed by atoms with Gasteiger partial charge in [0.25, 0.3) is 0 Å². The maximum atomic E-state index is 14.8. The van der Waals surface area contributed by atoms with E-state index in [2.05, 4.69) is 41.5 Å². The molecule has 3 aromatic carbocycles. The fourth-order valence-corrected chi connectivity index (χ4v) is 7.96. The first-order valence-electron chi connectivity index (χ1n) is 22.7. The fourth-order valence-electron chi connectivity index (χ4n) is 7.96. The zero-order chi connectivity index (χ0) is 48.6. The number of carbonyl (C=O) groups excluding carboxylic acids is 6. The van der Waals surface area contributed by atoms with E-state index in [0.717, 1.165) is 27.4 Å². The zero-order valence-electron chi connectivity index (χ0n) is 38.6. The quantitative estimate of drug-likeness (QED) is 0.0232. The molecule has 67 heavy (non-hydrogen) atoms. The summed E-state index contributed by atoms with van der Waals surface area (Å²) in [6.45, 7) is 7.85. The fraction of sp³-hybridized carbons (Fsp3) is 0.408. The number of para-hydroxylation sites is 2. The number of guanidine groups is 1. The number of hydrogen-bond donors (Lipinski definition) is 11. The Bertz CT molecular complexity index is 2500. The van der Waals surface area contributed by atoms with E-state index in [4.69, 9.17) is 22.9 Å². The van der Waals surface area contributed by atoms with Crippen LogP contribution in [0.1, 0.15) is 70.1 Å². The summed E-state index contributed by atoms with van der Waals surface area (Å²) in [7, 11) is 0. The van der Waals surface area contributed by atoms with E-state index < -0.39 is 71.7 Å². The number of nitrogens with one attached hydrogen (secondary N) is 7. The van der Waals surface area contributed by atoms with Crippen molar-refractivity contribution in [3.05, 3.63) is 108 Å². The van der Waals surface area contributed by atoms with Gasteiger partial charge in [-0.3, -0.25) is 33.8 Å². The zero-order valence-corrected chi connectivity index (χ0v) is 38.6. The Morgan fingerprint density at radius 3 is 1.45 bits per heavy atom. The van der Waals surface area contributed by atoms with Crippen molar-refractivity contribution >= 4 is 63.2 Å². The van der Waals surface area contributed by atoms with E-state index >= 15 is 0 Å². The topological polar surface area (TPSA) is 311 Å². The Balaban J connectivity index is 1.46. The largest absolute Gasteiger partial charge is 0.370 e. The van der Waals surface area contributed by atoms with E-state index in [1.807, 2.05) is 94.4 Å². The lowest BCUT2D eigenvalue weighted by atomic mass is 9.98. The molecule has 2 heterocycles. The molecule has 6 atom stereocenters. The normalized spacial score (nSPS) is 14.1. The molecule has 18 nitrogen and oxygen atoms in total. The van der Waals surface area contributed by atoms with Crippen molar-refractivity contribution in [2.24, 2.45) is 39.8 Å². The smallest absolute Gasteiger partial charge is 0.243 e. The number of primary amides is 1. The Hall–Kier alpha value is -7.21. The van der Waals surface area contributed by atoms with Crippen molar-refractivity contribution < 1.29 is 28.8 Å². The van der Waals surface area contributed by atoms with Crippen LogP contribution >= 0.6 is 0 Å². The summed E-state index contributed by atoms with van der Waals surface area (Å²) >= 11 is 0. The highest BCUT2D eigenvalue weighted by Gasteiger charge is 2.34. The van der Waals surface area contributed by atoms with Crippen molar-refractivity contribution in [1.82, 2.24) is 36.6 Å². The van der Waals surface area contributed by atoms with Crippen LogP contribution in [-0.4, -0.2) is 94.2 Å². The number of aliphatic imine (C=N–C) groups is 1. The van der Waals surface area contributed by atoms with Gasteiger partial charge in [0.1, 0.15) is 30.2 Å². The van der Waals surface area contributed by atoms with Crippen molar-refractivity contribution in [2.75, 3.05) is 6.54 Å². The second-order valence-electron chi connectivity index (χ2n) is 17.8. The summed E-state index contributed by atoms with van der Waals surface area (Å²) in [6, 6.07) is 17.3. The third kappa shape index (κ3) is 15.2.